The summed E-state index contributed by atoms with van der Waals surface area (Å²) >= 11 is 0. The van der Waals surface area contributed by atoms with Crippen molar-refractivity contribution in [2.24, 2.45) is 5.73 Å². The molecule has 100 valence electrons. The molecule has 0 aliphatic heterocycles. The highest BCUT2D eigenvalue weighted by molar-refractivity contribution is 7.89. The molecule has 2 rings (SSSR count). The summed E-state index contributed by atoms with van der Waals surface area (Å²) in [6, 6.07) is 2.43. The fraction of sp³-hybridized carbons (Fsp3) is 0.500. The van der Waals surface area contributed by atoms with Gasteiger partial charge in [-0.15, -0.1) is 0 Å². The molecule has 1 fully saturated rings. The van der Waals surface area contributed by atoms with Crippen LogP contribution in [0.2, 0.25) is 0 Å². The van der Waals surface area contributed by atoms with Crippen molar-refractivity contribution in [3.05, 3.63) is 29.1 Å². The molecule has 1 aliphatic carbocycles. The summed E-state index contributed by atoms with van der Waals surface area (Å²) in [5, 5.41) is 0. The van der Waals surface area contributed by atoms with Gasteiger partial charge in [0.1, 0.15) is 5.82 Å². The number of sulfonamides is 1. The normalized spacial score (nSPS) is 23.8. The van der Waals surface area contributed by atoms with Gasteiger partial charge >= 0.3 is 0 Å². The van der Waals surface area contributed by atoms with Crippen molar-refractivity contribution in [1.82, 2.24) is 4.72 Å². The van der Waals surface area contributed by atoms with Gasteiger partial charge in [-0.2, -0.15) is 0 Å². The Balaban J connectivity index is 2.30. The van der Waals surface area contributed by atoms with Crippen LogP contribution in [0.25, 0.3) is 0 Å². The zero-order chi connectivity index (χ0) is 13.5. The molecule has 0 aromatic heterocycles. The average Bonchev–Trinajstić information content (AvgIpc) is 2.11. The summed E-state index contributed by atoms with van der Waals surface area (Å²) in [6.07, 6.45) is 1.30. The first kappa shape index (κ1) is 13.5. The van der Waals surface area contributed by atoms with E-state index in [2.05, 4.69) is 4.72 Å². The number of nitrogens with two attached hydrogens (primary N) is 1. The Morgan fingerprint density at radius 2 is 1.78 bits per heavy atom. The maximum atomic E-state index is 13.2. The summed E-state index contributed by atoms with van der Waals surface area (Å²) < 4.78 is 40.2. The van der Waals surface area contributed by atoms with Crippen molar-refractivity contribution in [1.29, 1.82) is 0 Å². The van der Waals surface area contributed by atoms with Crippen molar-refractivity contribution in [3.8, 4) is 0 Å². The average molecular weight is 272 g/mol. The molecule has 18 heavy (non-hydrogen) atoms. The number of hydrogen-bond donors (Lipinski definition) is 2. The van der Waals surface area contributed by atoms with Crippen LogP contribution in [-0.4, -0.2) is 20.5 Å². The maximum Gasteiger partial charge on any atom is 0.241 e. The van der Waals surface area contributed by atoms with Crippen molar-refractivity contribution >= 4 is 10.0 Å². The first-order chi connectivity index (χ1) is 8.29. The Hall–Kier alpha value is -0.980. The number of rotatable bonds is 3. The molecule has 0 amide bonds. The Labute approximate surface area is 106 Å². The molecule has 0 heterocycles. The SMILES string of the molecule is Cc1cc(F)cc(C)c1S(=O)(=O)NC1CC(N)C1. The van der Waals surface area contributed by atoms with Crippen LogP contribution in [0.1, 0.15) is 24.0 Å². The highest BCUT2D eigenvalue weighted by atomic mass is 32.2. The van der Waals surface area contributed by atoms with Crippen LogP contribution >= 0.6 is 0 Å². The predicted molar refractivity (Wildman–Crippen MR) is 67.2 cm³/mol. The lowest BCUT2D eigenvalue weighted by Crippen LogP contribution is -2.50. The molecule has 1 aromatic rings. The first-order valence-corrected chi connectivity index (χ1v) is 7.32. The summed E-state index contributed by atoms with van der Waals surface area (Å²) in [4.78, 5) is 0.171. The Morgan fingerprint density at radius 1 is 1.28 bits per heavy atom. The van der Waals surface area contributed by atoms with Crippen molar-refractivity contribution in [2.45, 2.75) is 43.7 Å². The standard InChI is InChI=1S/C12H17FN2O2S/c1-7-3-9(13)4-8(2)12(7)18(16,17)15-11-5-10(14)6-11/h3-4,10-11,15H,5-6,14H2,1-2H3. The molecule has 0 saturated heterocycles. The van der Waals surface area contributed by atoms with Crippen LogP contribution in [0.3, 0.4) is 0 Å². The molecular weight excluding hydrogens is 255 g/mol. The van der Waals surface area contributed by atoms with E-state index in [9.17, 15) is 12.8 Å². The molecule has 1 aliphatic rings. The molecular formula is C12H17FN2O2S. The first-order valence-electron chi connectivity index (χ1n) is 5.84. The Kier molecular flexibility index (Phi) is 3.44. The van der Waals surface area contributed by atoms with Gasteiger partial charge in [0.05, 0.1) is 4.90 Å². The maximum absolute atomic E-state index is 13.2. The summed E-state index contributed by atoms with van der Waals surface area (Å²) in [6.45, 7) is 3.19. The second-order valence-corrected chi connectivity index (χ2v) is 6.57. The molecule has 4 nitrogen and oxygen atoms in total. The fourth-order valence-corrected chi connectivity index (χ4v) is 4.07. The molecule has 1 saturated carbocycles. The monoisotopic (exact) mass is 272 g/mol. The van der Waals surface area contributed by atoms with Crippen LogP contribution in [0, 0.1) is 19.7 Å². The zero-order valence-corrected chi connectivity index (χ0v) is 11.2. The van der Waals surface area contributed by atoms with Gasteiger partial charge in [-0.05, 0) is 49.9 Å². The minimum absolute atomic E-state index is 0.0770. The molecule has 6 heteroatoms. The summed E-state index contributed by atoms with van der Waals surface area (Å²) in [5.74, 6) is -0.422. The minimum Gasteiger partial charge on any atom is -0.328 e. The third-order valence-electron chi connectivity index (χ3n) is 3.19. The minimum atomic E-state index is -3.59. The van der Waals surface area contributed by atoms with E-state index >= 15 is 0 Å². The fourth-order valence-electron chi connectivity index (χ4n) is 2.36. The number of benzene rings is 1. The quantitative estimate of drug-likeness (QED) is 0.868. The predicted octanol–water partition coefficient (Wildman–Crippen LogP) is 1.21. The highest BCUT2D eigenvalue weighted by Gasteiger charge is 2.31. The van der Waals surface area contributed by atoms with Crippen LogP contribution in [0.4, 0.5) is 4.39 Å². The van der Waals surface area contributed by atoms with Gasteiger partial charge in [0.15, 0.2) is 0 Å². The lowest BCUT2D eigenvalue weighted by molar-refractivity contribution is 0.327. The summed E-state index contributed by atoms with van der Waals surface area (Å²) in [5.41, 5.74) is 6.46. The topological polar surface area (TPSA) is 72.2 Å². The molecule has 0 bridgehead atoms. The van der Waals surface area contributed by atoms with Gasteiger partial charge in [0, 0.05) is 12.1 Å². The van der Waals surface area contributed by atoms with Gasteiger partial charge < -0.3 is 5.73 Å². The van der Waals surface area contributed by atoms with Gasteiger partial charge in [0.2, 0.25) is 10.0 Å². The van der Waals surface area contributed by atoms with Crippen LogP contribution in [0.15, 0.2) is 17.0 Å². The zero-order valence-electron chi connectivity index (χ0n) is 10.4. The third kappa shape index (κ3) is 2.55. The molecule has 3 N–H and O–H groups in total. The van der Waals surface area contributed by atoms with E-state index in [1.807, 2.05) is 0 Å². The van der Waals surface area contributed by atoms with Crippen LogP contribution < -0.4 is 10.5 Å². The van der Waals surface area contributed by atoms with Crippen molar-refractivity contribution in [2.75, 3.05) is 0 Å². The van der Waals surface area contributed by atoms with Crippen molar-refractivity contribution in [3.63, 3.8) is 0 Å². The molecule has 1 aromatic carbocycles. The van der Waals surface area contributed by atoms with Gasteiger partial charge in [-0.25, -0.2) is 17.5 Å². The van der Waals surface area contributed by atoms with E-state index < -0.39 is 15.8 Å². The third-order valence-corrected chi connectivity index (χ3v) is 5.02. The van der Waals surface area contributed by atoms with Gasteiger partial charge in [-0.1, -0.05) is 0 Å². The lowest BCUT2D eigenvalue weighted by atomic mass is 9.89. The molecule has 0 atom stereocenters. The Bertz CT molecular complexity index is 542. The smallest absolute Gasteiger partial charge is 0.241 e. The molecule has 0 spiro atoms. The van der Waals surface area contributed by atoms with Crippen LogP contribution in [0.5, 0.6) is 0 Å². The van der Waals surface area contributed by atoms with E-state index in [1.54, 1.807) is 13.8 Å². The second-order valence-electron chi connectivity index (χ2n) is 4.92. The van der Waals surface area contributed by atoms with Crippen molar-refractivity contribution < 1.29 is 12.8 Å². The van der Waals surface area contributed by atoms with E-state index in [1.165, 1.54) is 12.1 Å². The summed E-state index contributed by atoms with van der Waals surface area (Å²) in [7, 11) is -3.59. The highest BCUT2D eigenvalue weighted by Crippen LogP contribution is 2.24. The number of nitrogens with one attached hydrogen (secondary N) is 1. The van der Waals surface area contributed by atoms with Crippen LogP contribution in [-0.2, 0) is 10.0 Å². The number of halogens is 1. The van der Waals surface area contributed by atoms with Gasteiger partial charge in [0.25, 0.3) is 0 Å². The molecule has 0 unspecified atom stereocenters. The van der Waals surface area contributed by atoms with E-state index in [-0.39, 0.29) is 17.0 Å². The van der Waals surface area contributed by atoms with E-state index in [4.69, 9.17) is 5.73 Å². The lowest BCUT2D eigenvalue weighted by Gasteiger charge is -2.33. The number of aryl methyl sites for hydroxylation is 2. The molecule has 0 radical (unpaired) electrons. The van der Waals surface area contributed by atoms with Gasteiger partial charge in [-0.3, -0.25) is 0 Å². The largest absolute Gasteiger partial charge is 0.328 e. The van der Waals surface area contributed by atoms with E-state index in [0.29, 0.717) is 24.0 Å². The Morgan fingerprint density at radius 3 is 2.22 bits per heavy atom. The van der Waals surface area contributed by atoms with E-state index in [0.717, 1.165) is 0 Å². The number of hydrogen-bond acceptors (Lipinski definition) is 3. The second kappa shape index (κ2) is 4.60.